The molecule has 0 radical (unpaired) electrons. The predicted octanol–water partition coefficient (Wildman–Crippen LogP) is 2.73. The van der Waals surface area contributed by atoms with E-state index in [4.69, 9.17) is 0 Å². The average molecular weight is 315 g/mol. The van der Waals surface area contributed by atoms with Crippen molar-refractivity contribution in [1.82, 2.24) is 0 Å². The predicted molar refractivity (Wildman–Crippen MR) is 58.8 cm³/mol. The summed E-state index contributed by atoms with van der Waals surface area (Å²) >= 11 is 3.15. The van der Waals surface area contributed by atoms with E-state index in [1.807, 2.05) is 0 Å². The fraction of sp³-hybridized carbons (Fsp3) is 0.333. The number of hydrogen-bond acceptors (Lipinski definition) is 3. The number of alkyl halides is 2. The van der Waals surface area contributed by atoms with Crippen molar-refractivity contribution in [2.45, 2.75) is 12.5 Å². The van der Waals surface area contributed by atoms with Crippen LogP contribution in [0.3, 0.4) is 0 Å². The third-order valence-corrected chi connectivity index (χ3v) is 2.79. The lowest BCUT2D eigenvalue weighted by Gasteiger charge is -2.15. The summed E-state index contributed by atoms with van der Waals surface area (Å²) < 4.78 is 51.9. The minimum atomic E-state index is -3.92. The first-order chi connectivity index (χ1) is 7.29. The van der Waals surface area contributed by atoms with E-state index in [1.54, 1.807) is 0 Å². The lowest BCUT2D eigenvalue weighted by atomic mass is 10.1. The molecule has 1 aromatic rings. The Kier molecular flexibility index (Phi) is 4.40. The first-order valence-corrected chi connectivity index (χ1v) is 6.82. The molecular weight excluding hydrogens is 306 g/mol. The van der Waals surface area contributed by atoms with Crippen LogP contribution in [0.5, 0.6) is 0 Å². The molecule has 3 nitrogen and oxygen atoms in total. The van der Waals surface area contributed by atoms with Gasteiger partial charge in [0.2, 0.25) is 0 Å². The molecule has 0 fully saturated rings. The van der Waals surface area contributed by atoms with Crippen LogP contribution in [0, 0.1) is 0 Å². The van der Waals surface area contributed by atoms with E-state index in [1.165, 1.54) is 24.3 Å². The standard InChI is InChI=1S/C9H9BrF2O3S/c1-16(13,14)15-8(9(11)12)6-2-4-7(10)5-3-6/h2-5,8-9H,1H3. The van der Waals surface area contributed by atoms with Gasteiger partial charge in [0.25, 0.3) is 16.5 Å². The molecule has 1 unspecified atom stereocenters. The van der Waals surface area contributed by atoms with Crippen LogP contribution >= 0.6 is 15.9 Å². The Labute approximate surface area is 101 Å². The molecule has 0 bridgehead atoms. The molecule has 16 heavy (non-hydrogen) atoms. The third-order valence-electron chi connectivity index (χ3n) is 1.71. The van der Waals surface area contributed by atoms with Crippen molar-refractivity contribution in [3.05, 3.63) is 34.3 Å². The van der Waals surface area contributed by atoms with Gasteiger partial charge in [-0.1, -0.05) is 28.1 Å². The molecule has 0 amide bonds. The summed E-state index contributed by atoms with van der Waals surface area (Å²) in [7, 11) is -3.92. The maximum absolute atomic E-state index is 12.6. The van der Waals surface area contributed by atoms with Crippen molar-refractivity contribution >= 4 is 26.0 Å². The zero-order valence-electron chi connectivity index (χ0n) is 8.23. The second kappa shape index (κ2) is 5.20. The molecule has 0 heterocycles. The Balaban J connectivity index is 2.99. The Morgan fingerprint density at radius 3 is 2.12 bits per heavy atom. The molecule has 1 rings (SSSR count). The van der Waals surface area contributed by atoms with E-state index in [9.17, 15) is 17.2 Å². The third kappa shape index (κ3) is 4.15. The van der Waals surface area contributed by atoms with Crippen LogP contribution in [0.25, 0.3) is 0 Å². The van der Waals surface area contributed by atoms with Crippen LogP contribution in [0.1, 0.15) is 11.7 Å². The van der Waals surface area contributed by atoms with E-state index >= 15 is 0 Å². The van der Waals surface area contributed by atoms with Gasteiger partial charge in [-0.05, 0) is 17.7 Å². The summed E-state index contributed by atoms with van der Waals surface area (Å²) in [4.78, 5) is 0. The van der Waals surface area contributed by atoms with E-state index in [0.29, 0.717) is 4.47 Å². The highest BCUT2D eigenvalue weighted by Gasteiger charge is 2.27. The molecule has 7 heteroatoms. The van der Waals surface area contributed by atoms with Gasteiger partial charge in [-0.15, -0.1) is 0 Å². The smallest absolute Gasteiger partial charge is 0.256 e. The van der Waals surface area contributed by atoms with Crippen LogP contribution in [-0.4, -0.2) is 21.1 Å². The van der Waals surface area contributed by atoms with Gasteiger partial charge in [-0.25, -0.2) is 8.78 Å². The molecule has 0 saturated carbocycles. The summed E-state index contributed by atoms with van der Waals surface area (Å²) in [6.07, 6.45) is -3.93. The summed E-state index contributed by atoms with van der Waals surface area (Å²) in [5.41, 5.74) is 0.114. The average Bonchev–Trinajstić information content (AvgIpc) is 2.14. The fourth-order valence-corrected chi connectivity index (χ4v) is 1.92. The van der Waals surface area contributed by atoms with E-state index < -0.39 is 22.6 Å². The monoisotopic (exact) mass is 314 g/mol. The molecule has 0 aromatic heterocycles. The van der Waals surface area contributed by atoms with Crippen LogP contribution < -0.4 is 0 Å². The van der Waals surface area contributed by atoms with Crippen molar-refractivity contribution in [3.63, 3.8) is 0 Å². The number of halogens is 3. The van der Waals surface area contributed by atoms with E-state index in [0.717, 1.165) is 6.26 Å². The highest BCUT2D eigenvalue weighted by atomic mass is 79.9. The van der Waals surface area contributed by atoms with Crippen LogP contribution in [0.4, 0.5) is 8.78 Å². The van der Waals surface area contributed by atoms with E-state index in [2.05, 4.69) is 20.1 Å². The molecule has 0 aliphatic carbocycles. The molecule has 90 valence electrons. The summed E-state index contributed by atoms with van der Waals surface area (Å²) in [5.74, 6) is 0. The van der Waals surface area contributed by atoms with Crippen molar-refractivity contribution in [2.24, 2.45) is 0 Å². The number of benzene rings is 1. The van der Waals surface area contributed by atoms with Crippen molar-refractivity contribution in [1.29, 1.82) is 0 Å². The van der Waals surface area contributed by atoms with Crippen molar-refractivity contribution < 1.29 is 21.4 Å². The Morgan fingerprint density at radius 1 is 1.25 bits per heavy atom. The highest BCUT2D eigenvalue weighted by Crippen LogP contribution is 2.27. The van der Waals surface area contributed by atoms with Gasteiger partial charge in [0.1, 0.15) is 0 Å². The Morgan fingerprint density at radius 2 is 1.75 bits per heavy atom. The molecule has 0 N–H and O–H groups in total. The van der Waals surface area contributed by atoms with Gasteiger partial charge >= 0.3 is 0 Å². The molecule has 1 atom stereocenters. The minimum absolute atomic E-state index is 0.114. The zero-order valence-corrected chi connectivity index (χ0v) is 10.6. The second-order valence-electron chi connectivity index (χ2n) is 3.11. The largest absolute Gasteiger partial charge is 0.269 e. The lowest BCUT2D eigenvalue weighted by Crippen LogP contribution is -2.17. The maximum Gasteiger partial charge on any atom is 0.269 e. The zero-order chi connectivity index (χ0) is 12.3. The van der Waals surface area contributed by atoms with Gasteiger partial charge in [0, 0.05) is 4.47 Å². The Bertz CT molecular complexity index is 444. The molecule has 0 aliphatic heterocycles. The summed E-state index contributed by atoms with van der Waals surface area (Å²) in [6.45, 7) is 0. The summed E-state index contributed by atoms with van der Waals surface area (Å²) in [5, 5.41) is 0. The normalized spacial score (nSPS) is 14.1. The first-order valence-electron chi connectivity index (χ1n) is 4.21. The highest BCUT2D eigenvalue weighted by molar-refractivity contribution is 9.10. The second-order valence-corrected chi connectivity index (χ2v) is 5.62. The van der Waals surface area contributed by atoms with Gasteiger partial charge in [0.15, 0.2) is 6.10 Å². The molecule has 0 saturated heterocycles. The topological polar surface area (TPSA) is 43.4 Å². The number of hydrogen-bond donors (Lipinski definition) is 0. The Hall–Kier alpha value is -0.530. The molecule has 0 aliphatic rings. The van der Waals surface area contributed by atoms with E-state index in [-0.39, 0.29) is 5.56 Å². The van der Waals surface area contributed by atoms with Gasteiger partial charge < -0.3 is 0 Å². The van der Waals surface area contributed by atoms with Crippen LogP contribution in [0.15, 0.2) is 28.7 Å². The lowest BCUT2D eigenvalue weighted by molar-refractivity contribution is 0.0147. The van der Waals surface area contributed by atoms with Gasteiger partial charge in [-0.2, -0.15) is 8.42 Å². The number of rotatable bonds is 4. The van der Waals surface area contributed by atoms with Crippen LogP contribution in [0.2, 0.25) is 0 Å². The SMILES string of the molecule is CS(=O)(=O)OC(c1ccc(Br)cc1)C(F)F. The fourth-order valence-electron chi connectivity index (χ4n) is 1.08. The summed E-state index contributed by atoms with van der Waals surface area (Å²) in [6, 6.07) is 5.84. The molecule has 1 aromatic carbocycles. The minimum Gasteiger partial charge on any atom is -0.256 e. The van der Waals surface area contributed by atoms with Gasteiger partial charge in [0.05, 0.1) is 6.26 Å². The molecular formula is C9H9BrF2O3S. The van der Waals surface area contributed by atoms with Crippen LogP contribution in [-0.2, 0) is 14.3 Å². The first kappa shape index (κ1) is 13.5. The van der Waals surface area contributed by atoms with Gasteiger partial charge in [-0.3, -0.25) is 4.18 Å². The van der Waals surface area contributed by atoms with Crippen molar-refractivity contribution in [2.75, 3.05) is 6.26 Å². The molecule has 0 spiro atoms. The maximum atomic E-state index is 12.6. The quantitative estimate of drug-likeness (QED) is 0.803. The van der Waals surface area contributed by atoms with Crippen molar-refractivity contribution in [3.8, 4) is 0 Å².